The lowest BCUT2D eigenvalue weighted by molar-refractivity contribution is 0.0953. The van der Waals surface area contributed by atoms with Crippen LogP contribution in [0.3, 0.4) is 0 Å². The van der Waals surface area contributed by atoms with E-state index in [0.717, 1.165) is 19.5 Å². The van der Waals surface area contributed by atoms with E-state index >= 15 is 0 Å². The summed E-state index contributed by atoms with van der Waals surface area (Å²) in [5.74, 6) is 0.206. The average Bonchev–Trinajstić information content (AvgIpc) is 2.46. The van der Waals surface area contributed by atoms with Crippen molar-refractivity contribution in [1.82, 2.24) is 10.6 Å². The smallest absolute Gasteiger partial charge is 0.255 e. The third-order valence-electron chi connectivity index (χ3n) is 3.08. The van der Waals surface area contributed by atoms with Crippen LogP contribution >= 0.6 is 0 Å². The quantitative estimate of drug-likeness (QED) is 0.709. The molecule has 1 aromatic rings. The number of amides is 1. The van der Waals surface area contributed by atoms with E-state index in [0.29, 0.717) is 12.3 Å². The van der Waals surface area contributed by atoms with Gasteiger partial charge in [0.05, 0.1) is 12.7 Å². The van der Waals surface area contributed by atoms with E-state index in [2.05, 4.69) is 16.7 Å². The normalized spacial score (nSPS) is 14.7. The average molecular weight is 262 g/mol. The fraction of sp³-hybridized carbons (Fsp3) is 0.357. The van der Waals surface area contributed by atoms with Gasteiger partial charge in [-0.15, -0.1) is 0 Å². The Bertz CT molecular complexity index is 497. The molecule has 2 rings (SSSR count). The number of ether oxygens (including phenoxy) is 1. The van der Waals surface area contributed by atoms with Crippen LogP contribution in [-0.2, 0) is 0 Å². The number of hydrogen-bond acceptors (Lipinski definition) is 4. The number of phenols is 1. The lowest BCUT2D eigenvalue weighted by atomic mass is 10.1. The summed E-state index contributed by atoms with van der Waals surface area (Å²) in [4.78, 5) is 12.0. The van der Waals surface area contributed by atoms with Crippen LogP contribution in [-0.4, -0.2) is 37.8 Å². The van der Waals surface area contributed by atoms with Crippen LogP contribution in [0.4, 0.5) is 0 Å². The molecule has 0 unspecified atom stereocenters. The molecule has 0 saturated carbocycles. The lowest BCUT2D eigenvalue weighted by Crippen LogP contribution is -2.29. The standard InChI is InChI=1S/C14H18N2O3/c1-19-11-2-3-13(17)12(8-11)14(18)16-9-10-4-6-15-7-5-10/h2-4,8,15,17H,5-7,9H2,1H3,(H,16,18). The molecule has 0 atom stereocenters. The van der Waals surface area contributed by atoms with Gasteiger partial charge in [-0.3, -0.25) is 4.79 Å². The molecule has 1 aromatic carbocycles. The van der Waals surface area contributed by atoms with E-state index in [-0.39, 0.29) is 17.2 Å². The Kier molecular flexibility index (Phi) is 4.41. The van der Waals surface area contributed by atoms with Crippen LogP contribution in [0.5, 0.6) is 11.5 Å². The van der Waals surface area contributed by atoms with E-state index in [1.807, 2.05) is 0 Å². The van der Waals surface area contributed by atoms with Crippen LogP contribution in [0.1, 0.15) is 16.8 Å². The van der Waals surface area contributed by atoms with Gasteiger partial charge >= 0.3 is 0 Å². The summed E-state index contributed by atoms with van der Waals surface area (Å²) < 4.78 is 5.04. The number of rotatable bonds is 4. The van der Waals surface area contributed by atoms with Crippen molar-refractivity contribution < 1.29 is 14.6 Å². The minimum absolute atomic E-state index is 0.0439. The van der Waals surface area contributed by atoms with Crippen LogP contribution in [0.2, 0.25) is 0 Å². The van der Waals surface area contributed by atoms with Gasteiger partial charge in [-0.25, -0.2) is 0 Å². The summed E-state index contributed by atoms with van der Waals surface area (Å²) in [5, 5.41) is 15.7. The first kappa shape index (κ1) is 13.4. The molecular formula is C14H18N2O3. The SMILES string of the molecule is COc1ccc(O)c(C(=O)NCC2=CCNCC2)c1. The molecule has 0 radical (unpaired) electrons. The Morgan fingerprint density at radius 2 is 2.37 bits per heavy atom. The first-order valence-corrected chi connectivity index (χ1v) is 6.24. The van der Waals surface area contributed by atoms with E-state index in [4.69, 9.17) is 4.74 Å². The zero-order valence-electron chi connectivity index (χ0n) is 10.9. The number of phenolic OH excluding ortho intramolecular Hbond substituents is 1. The molecule has 1 aliphatic heterocycles. The first-order chi connectivity index (χ1) is 9.20. The molecule has 0 aliphatic carbocycles. The van der Waals surface area contributed by atoms with Crippen LogP contribution in [0.25, 0.3) is 0 Å². The highest BCUT2D eigenvalue weighted by molar-refractivity contribution is 5.97. The van der Waals surface area contributed by atoms with E-state index in [9.17, 15) is 9.90 Å². The second kappa shape index (κ2) is 6.24. The molecule has 5 nitrogen and oxygen atoms in total. The molecular weight excluding hydrogens is 244 g/mol. The molecule has 0 spiro atoms. The van der Waals surface area contributed by atoms with E-state index < -0.39 is 0 Å². The minimum Gasteiger partial charge on any atom is -0.507 e. The highest BCUT2D eigenvalue weighted by Gasteiger charge is 2.13. The first-order valence-electron chi connectivity index (χ1n) is 6.24. The monoisotopic (exact) mass is 262 g/mol. The Morgan fingerprint density at radius 1 is 1.53 bits per heavy atom. The Labute approximate surface area is 112 Å². The second-order valence-electron chi connectivity index (χ2n) is 4.38. The Morgan fingerprint density at radius 3 is 3.05 bits per heavy atom. The largest absolute Gasteiger partial charge is 0.507 e. The van der Waals surface area contributed by atoms with Crippen LogP contribution < -0.4 is 15.4 Å². The van der Waals surface area contributed by atoms with Gasteiger partial charge in [0.2, 0.25) is 0 Å². The second-order valence-corrected chi connectivity index (χ2v) is 4.38. The summed E-state index contributed by atoms with van der Waals surface area (Å²) in [6.07, 6.45) is 3.01. The van der Waals surface area contributed by atoms with Crippen molar-refractivity contribution in [3.63, 3.8) is 0 Å². The molecule has 1 amide bonds. The van der Waals surface area contributed by atoms with Crippen molar-refractivity contribution in [3.8, 4) is 11.5 Å². The van der Waals surface area contributed by atoms with Gasteiger partial charge < -0.3 is 20.5 Å². The molecule has 0 saturated heterocycles. The molecule has 0 bridgehead atoms. The fourth-order valence-electron chi connectivity index (χ4n) is 1.94. The molecule has 19 heavy (non-hydrogen) atoms. The molecule has 0 fully saturated rings. The number of hydrogen-bond donors (Lipinski definition) is 3. The molecule has 5 heteroatoms. The van der Waals surface area contributed by atoms with Gasteiger partial charge in [-0.05, 0) is 31.2 Å². The lowest BCUT2D eigenvalue weighted by Gasteiger charge is -2.15. The topological polar surface area (TPSA) is 70.6 Å². The van der Waals surface area contributed by atoms with Gasteiger partial charge in [0.1, 0.15) is 11.5 Å². The van der Waals surface area contributed by atoms with Crippen molar-refractivity contribution in [2.75, 3.05) is 26.7 Å². The maximum absolute atomic E-state index is 12.0. The summed E-state index contributed by atoms with van der Waals surface area (Å²) in [5.41, 5.74) is 1.43. The zero-order chi connectivity index (χ0) is 13.7. The number of methoxy groups -OCH3 is 1. The predicted molar refractivity (Wildman–Crippen MR) is 72.6 cm³/mol. The minimum atomic E-state index is -0.296. The number of carbonyl (C=O) groups excluding carboxylic acids is 1. The predicted octanol–water partition coefficient (Wildman–Crippen LogP) is 1.05. The van der Waals surface area contributed by atoms with Crippen molar-refractivity contribution >= 4 is 5.91 Å². The van der Waals surface area contributed by atoms with Crippen molar-refractivity contribution in [3.05, 3.63) is 35.4 Å². The Balaban J connectivity index is 2.01. The molecule has 1 heterocycles. The van der Waals surface area contributed by atoms with Crippen molar-refractivity contribution in [2.45, 2.75) is 6.42 Å². The van der Waals surface area contributed by atoms with Gasteiger partial charge in [-0.1, -0.05) is 11.6 Å². The maximum Gasteiger partial charge on any atom is 0.255 e. The van der Waals surface area contributed by atoms with Gasteiger partial charge in [0.25, 0.3) is 5.91 Å². The van der Waals surface area contributed by atoms with Gasteiger partial charge in [0.15, 0.2) is 0 Å². The summed E-state index contributed by atoms with van der Waals surface area (Å²) >= 11 is 0. The number of aromatic hydroxyl groups is 1. The maximum atomic E-state index is 12.0. The van der Waals surface area contributed by atoms with Crippen molar-refractivity contribution in [1.29, 1.82) is 0 Å². The number of nitrogens with one attached hydrogen (secondary N) is 2. The van der Waals surface area contributed by atoms with E-state index in [1.54, 1.807) is 6.07 Å². The third kappa shape index (κ3) is 3.48. The van der Waals surface area contributed by atoms with Crippen LogP contribution in [0, 0.1) is 0 Å². The highest BCUT2D eigenvalue weighted by Crippen LogP contribution is 2.22. The molecule has 1 aliphatic rings. The van der Waals surface area contributed by atoms with Crippen LogP contribution in [0.15, 0.2) is 29.8 Å². The highest BCUT2D eigenvalue weighted by atomic mass is 16.5. The molecule has 3 N–H and O–H groups in total. The van der Waals surface area contributed by atoms with E-state index in [1.165, 1.54) is 24.8 Å². The number of benzene rings is 1. The van der Waals surface area contributed by atoms with Crippen molar-refractivity contribution in [2.24, 2.45) is 0 Å². The number of carbonyl (C=O) groups is 1. The van der Waals surface area contributed by atoms with Gasteiger partial charge in [-0.2, -0.15) is 0 Å². The fourth-order valence-corrected chi connectivity index (χ4v) is 1.94. The zero-order valence-corrected chi connectivity index (χ0v) is 10.9. The van der Waals surface area contributed by atoms with Gasteiger partial charge in [0, 0.05) is 13.1 Å². The summed E-state index contributed by atoms with van der Waals surface area (Å²) in [7, 11) is 1.52. The summed E-state index contributed by atoms with van der Waals surface area (Å²) in [6.45, 7) is 2.29. The molecule has 0 aromatic heterocycles. The molecule has 102 valence electrons. The summed E-state index contributed by atoms with van der Waals surface area (Å²) in [6, 6.07) is 4.60. The Hall–Kier alpha value is -2.01. The third-order valence-corrected chi connectivity index (χ3v) is 3.08.